The Labute approximate surface area is 171 Å². The lowest BCUT2D eigenvalue weighted by Gasteiger charge is -2.15. The van der Waals surface area contributed by atoms with Crippen LogP contribution < -0.4 is 5.32 Å². The lowest BCUT2D eigenvalue weighted by atomic mass is 10.1. The smallest absolute Gasteiger partial charge is 0.349 e. The second-order valence-corrected chi connectivity index (χ2v) is 10.3. The minimum absolute atomic E-state index is 0.00512. The highest BCUT2D eigenvalue weighted by Crippen LogP contribution is 2.30. The van der Waals surface area contributed by atoms with Crippen LogP contribution in [0.25, 0.3) is 0 Å². The van der Waals surface area contributed by atoms with Gasteiger partial charge >= 0.3 is 6.18 Å². The standard InChI is InChI=1S/C19H21F3N2O3S2/c1-13(14-4-6-15(7-5-14)19(20,21)22)23-17(25)12-16-8-9-18(28-16)29(26,27)24-10-2-3-11-24/h4-9,13H,2-3,10-12H2,1H3,(H,23,25)/t13-/m0/s1. The average Bonchev–Trinajstić information content (AvgIpc) is 3.33. The molecule has 0 aliphatic carbocycles. The van der Waals surface area contributed by atoms with Gasteiger partial charge < -0.3 is 5.32 Å². The van der Waals surface area contributed by atoms with E-state index in [-0.39, 0.29) is 16.5 Å². The van der Waals surface area contributed by atoms with Crippen molar-refractivity contribution in [3.63, 3.8) is 0 Å². The van der Waals surface area contributed by atoms with Gasteiger partial charge in [0, 0.05) is 18.0 Å². The van der Waals surface area contributed by atoms with Crippen LogP contribution >= 0.6 is 11.3 Å². The molecule has 1 aromatic carbocycles. The first-order valence-corrected chi connectivity index (χ1v) is 11.4. The first-order valence-electron chi connectivity index (χ1n) is 9.13. The van der Waals surface area contributed by atoms with E-state index in [1.54, 1.807) is 13.0 Å². The average molecular weight is 447 g/mol. The molecule has 0 radical (unpaired) electrons. The van der Waals surface area contributed by atoms with Gasteiger partial charge in [-0.15, -0.1) is 11.3 Å². The number of carbonyl (C=O) groups excluding carboxylic acids is 1. The summed E-state index contributed by atoms with van der Waals surface area (Å²) in [6.07, 6.45) is -2.70. The molecule has 1 aliphatic rings. The van der Waals surface area contributed by atoms with Gasteiger partial charge in [0.2, 0.25) is 5.91 Å². The van der Waals surface area contributed by atoms with Gasteiger partial charge in [-0.05, 0) is 49.6 Å². The third kappa shape index (κ3) is 5.18. The summed E-state index contributed by atoms with van der Waals surface area (Å²) in [6.45, 7) is 2.71. The molecule has 1 fully saturated rings. The molecule has 0 unspecified atom stereocenters. The van der Waals surface area contributed by atoms with Crippen LogP contribution in [-0.2, 0) is 27.4 Å². The van der Waals surface area contributed by atoms with Crippen LogP contribution in [0.5, 0.6) is 0 Å². The summed E-state index contributed by atoms with van der Waals surface area (Å²) in [5.41, 5.74) is -0.195. The van der Waals surface area contributed by atoms with Gasteiger partial charge in [-0.1, -0.05) is 12.1 Å². The maximum atomic E-state index is 12.6. The second kappa shape index (κ2) is 8.45. The fourth-order valence-electron chi connectivity index (χ4n) is 3.14. The molecule has 1 amide bonds. The number of thiophene rings is 1. The molecule has 0 saturated carbocycles. The highest BCUT2D eigenvalue weighted by Gasteiger charge is 2.30. The molecule has 2 heterocycles. The largest absolute Gasteiger partial charge is 0.416 e. The number of sulfonamides is 1. The Morgan fingerprint density at radius 1 is 1.14 bits per heavy atom. The monoisotopic (exact) mass is 446 g/mol. The van der Waals surface area contributed by atoms with Crippen LogP contribution in [0, 0.1) is 0 Å². The van der Waals surface area contributed by atoms with Crippen molar-refractivity contribution in [3.05, 3.63) is 52.4 Å². The third-order valence-electron chi connectivity index (χ3n) is 4.75. The molecular formula is C19H21F3N2O3S2. The lowest BCUT2D eigenvalue weighted by molar-refractivity contribution is -0.137. The van der Waals surface area contributed by atoms with Crippen LogP contribution in [0.2, 0.25) is 0 Å². The Morgan fingerprint density at radius 3 is 2.34 bits per heavy atom. The molecule has 1 N–H and O–H groups in total. The van der Waals surface area contributed by atoms with Crippen LogP contribution in [0.15, 0.2) is 40.6 Å². The number of nitrogens with one attached hydrogen (secondary N) is 1. The van der Waals surface area contributed by atoms with Crippen molar-refractivity contribution in [2.24, 2.45) is 0 Å². The topological polar surface area (TPSA) is 66.5 Å². The maximum absolute atomic E-state index is 12.6. The van der Waals surface area contributed by atoms with E-state index < -0.39 is 27.8 Å². The highest BCUT2D eigenvalue weighted by atomic mass is 32.2. The Bertz CT molecular complexity index is 963. The van der Waals surface area contributed by atoms with Crippen molar-refractivity contribution in [2.75, 3.05) is 13.1 Å². The van der Waals surface area contributed by atoms with Crippen molar-refractivity contribution in [1.29, 1.82) is 0 Å². The van der Waals surface area contributed by atoms with Gasteiger partial charge in [0.1, 0.15) is 4.21 Å². The molecule has 1 aromatic heterocycles. The summed E-state index contributed by atoms with van der Waals surface area (Å²) in [4.78, 5) is 12.9. The maximum Gasteiger partial charge on any atom is 0.416 e. The molecule has 1 saturated heterocycles. The van der Waals surface area contributed by atoms with Gasteiger partial charge in [0.15, 0.2) is 0 Å². The molecule has 3 rings (SSSR count). The lowest BCUT2D eigenvalue weighted by Crippen LogP contribution is -2.28. The van der Waals surface area contributed by atoms with E-state index >= 15 is 0 Å². The van der Waals surface area contributed by atoms with E-state index in [2.05, 4.69) is 5.32 Å². The van der Waals surface area contributed by atoms with Crippen LogP contribution in [0.3, 0.4) is 0 Å². The Kier molecular flexibility index (Phi) is 6.35. The summed E-state index contributed by atoms with van der Waals surface area (Å²) in [5.74, 6) is -0.329. The third-order valence-corrected chi connectivity index (χ3v) is 8.20. The first-order chi connectivity index (χ1) is 13.6. The Hall–Kier alpha value is -1.91. The van der Waals surface area contributed by atoms with Crippen molar-refractivity contribution in [3.8, 4) is 0 Å². The summed E-state index contributed by atoms with van der Waals surface area (Å²) in [5, 5.41) is 2.73. The fourth-order valence-corrected chi connectivity index (χ4v) is 6.17. The van der Waals surface area contributed by atoms with Gasteiger partial charge in [-0.2, -0.15) is 17.5 Å². The first kappa shape index (κ1) is 21.8. The van der Waals surface area contributed by atoms with Crippen LogP contribution in [0.1, 0.15) is 41.8 Å². The Morgan fingerprint density at radius 2 is 1.76 bits per heavy atom. The molecule has 0 spiro atoms. The van der Waals surface area contributed by atoms with E-state index in [0.717, 1.165) is 36.3 Å². The van der Waals surface area contributed by atoms with Gasteiger partial charge in [-0.25, -0.2) is 8.42 Å². The fraction of sp³-hybridized carbons (Fsp3) is 0.421. The minimum atomic E-state index is -4.41. The second-order valence-electron chi connectivity index (χ2n) is 6.92. The number of hydrogen-bond donors (Lipinski definition) is 1. The number of carbonyl (C=O) groups is 1. The zero-order chi connectivity index (χ0) is 21.2. The van der Waals surface area contributed by atoms with Crippen LogP contribution in [-0.4, -0.2) is 31.7 Å². The van der Waals surface area contributed by atoms with E-state index in [4.69, 9.17) is 0 Å². The van der Waals surface area contributed by atoms with E-state index in [1.165, 1.54) is 22.5 Å². The predicted molar refractivity (Wildman–Crippen MR) is 104 cm³/mol. The SMILES string of the molecule is C[C@H](NC(=O)Cc1ccc(S(=O)(=O)N2CCCC2)s1)c1ccc(C(F)(F)F)cc1. The predicted octanol–water partition coefficient (Wildman–Crippen LogP) is 3.97. The summed E-state index contributed by atoms with van der Waals surface area (Å²) >= 11 is 1.07. The van der Waals surface area contributed by atoms with Crippen molar-refractivity contribution in [1.82, 2.24) is 9.62 Å². The summed E-state index contributed by atoms with van der Waals surface area (Å²) < 4.78 is 64.7. The summed E-state index contributed by atoms with van der Waals surface area (Å²) in [6, 6.07) is 7.28. The van der Waals surface area contributed by atoms with E-state index in [1.807, 2.05) is 0 Å². The quantitative estimate of drug-likeness (QED) is 0.730. The van der Waals surface area contributed by atoms with Gasteiger partial charge in [0.05, 0.1) is 18.0 Å². The number of amides is 1. The molecule has 2 aromatic rings. The molecule has 5 nitrogen and oxygen atoms in total. The summed E-state index contributed by atoms with van der Waals surface area (Å²) in [7, 11) is -3.51. The van der Waals surface area contributed by atoms with E-state index in [9.17, 15) is 26.4 Å². The normalized spacial score (nSPS) is 16.7. The number of rotatable bonds is 6. The van der Waals surface area contributed by atoms with Gasteiger partial charge in [0.25, 0.3) is 10.0 Å². The molecular weight excluding hydrogens is 425 g/mol. The van der Waals surface area contributed by atoms with Crippen molar-refractivity contribution >= 4 is 27.3 Å². The Balaban J connectivity index is 1.60. The van der Waals surface area contributed by atoms with E-state index in [0.29, 0.717) is 23.5 Å². The van der Waals surface area contributed by atoms with Crippen LogP contribution in [0.4, 0.5) is 13.2 Å². The molecule has 158 valence electrons. The van der Waals surface area contributed by atoms with Crippen molar-refractivity contribution in [2.45, 2.75) is 42.6 Å². The number of halogens is 3. The molecule has 10 heteroatoms. The minimum Gasteiger partial charge on any atom is -0.349 e. The highest BCUT2D eigenvalue weighted by molar-refractivity contribution is 7.91. The number of benzene rings is 1. The number of nitrogens with zero attached hydrogens (tertiary/aromatic N) is 1. The molecule has 29 heavy (non-hydrogen) atoms. The van der Waals surface area contributed by atoms with Crippen molar-refractivity contribution < 1.29 is 26.4 Å². The zero-order valence-electron chi connectivity index (χ0n) is 15.7. The molecule has 1 aliphatic heterocycles. The number of alkyl halides is 3. The number of hydrogen-bond acceptors (Lipinski definition) is 4. The van der Waals surface area contributed by atoms with Gasteiger partial charge in [-0.3, -0.25) is 4.79 Å². The molecule has 0 bridgehead atoms. The molecule has 1 atom stereocenters. The zero-order valence-corrected chi connectivity index (χ0v) is 17.3.